The predicted octanol–water partition coefficient (Wildman–Crippen LogP) is 4.11. The average molecular weight is 248 g/mol. The van der Waals surface area contributed by atoms with E-state index in [0.717, 1.165) is 45.8 Å². The first-order valence-corrected chi connectivity index (χ1v) is 6.37. The summed E-state index contributed by atoms with van der Waals surface area (Å²) in [6.45, 7) is 2.02. The summed E-state index contributed by atoms with van der Waals surface area (Å²) in [6, 6.07) is 12.3. The summed E-state index contributed by atoms with van der Waals surface area (Å²) < 4.78 is 5.87. The van der Waals surface area contributed by atoms with Crippen molar-refractivity contribution >= 4 is 33.8 Å². The number of fused-ring (bicyclic) bond motifs is 4. The third kappa shape index (κ3) is 1.34. The molecular formula is C17H12O2. The molecular weight excluding hydrogens is 236 g/mol. The van der Waals surface area contributed by atoms with E-state index in [9.17, 15) is 4.79 Å². The lowest BCUT2D eigenvalue weighted by Gasteiger charge is -2.00. The third-order valence-corrected chi connectivity index (χ3v) is 4.01. The van der Waals surface area contributed by atoms with Gasteiger partial charge in [-0.25, -0.2) is 0 Å². The molecule has 1 aromatic heterocycles. The van der Waals surface area contributed by atoms with Crippen LogP contribution in [0.2, 0.25) is 0 Å². The van der Waals surface area contributed by atoms with E-state index in [1.54, 1.807) is 0 Å². The standard InChI is InChI=1S/C17H12O2/c1-10-12(9-18)6-11-7-17-15(8-14(10)11)13-4-2-3-5-16(13)19-17/h2-5,7-9H,6H2,1H3. The SMILES string of the molecule is CC1=C(C=O)Cc2cc3oc4ccccc4c3cc21. The monoisotopic (exact) mass is 248 g/mol. The van der Waals surface area contributed by atoms with Gasteiger partial charge in [0, 0.05) is 17.2 Å². The normalized spacial score (nSPS) is 14.4. The highest BCUT2D eigenvalue weighted by Crippen LogP contribution is 2.37. The van der Waals surface area contributed by atoms with Gasteiger partial charge in [-0.2, -0.15) is 0 Å². The molecule has 0 unspecified atom stereocenters. The fourth-order valence-corrected chi connectivity index (χ4v) is 2.95. The van der Waals surface area contributed by atoms with Crippen molar-refractivity contribution in [3.8, 4) is 0 Å². The third-order valence-electron chi connectivity index (χ3n) is 4.01. The molecule has 0 atom stereocenters. The molecule has 0 fully saturated rings. The summed E-state index contributed by atoms with van der Waals surface area (Å²) in [5.41, 5.74) is 6.16. The molecule has 0 amide bonds. The minimum atomic E-state index is 0.720. The number of furan rings is 1. The maximum Gasteiger partial charge on any atom is 0.146 e. The van der Waals surface area contributed by atoms with E-state index in [1.807, 2.05) is 25.1 Å². The summed E-state index contributed by atoms with van der Waals surface area (Å²) in [7, 11) is 0. The van der Waals surface area contributed by atoms with Crippen molar-refractivity contribution in [1.29, 1.82) is 0 Å². The van der Waals surface area contributed by atoms with Crippen molar-refractivity contribution in [3.05, 3.63) is 53.1 Å². The quantitative estimate of drug-likeness (QED) is 0.606. The highest BCUT2D eigenvalue weighted by atomic mass is 16.3. The number of hydrogen-bond donors (Lipinski definition) is 0. The smallest absolute Gasteiger partial charge is 0.146 e. The second-order valence-electron chi connectivity index (χ2n) is 5.05. The van der Waals surface area contributed by atoms with Gasteiger partial charge in [0.2, 0.25) is 0 Å². The van der Waals surface area contributed by atoms with Gasteiger partial charge in [0.15, 0.2) is 0 Å². The maximum atomic E-state index is 11.0. The number of carbonyl (C=O) groups excluding carboxylic acids is 1. The molecule has 0 saturated carbocycles. The Labute approximate surface area is 110 Å². The Hall–Kier alpha value is -2.35. The van der Waals surface area contributed by atoms with Gasteiger partial charge < -0.3 is 4.42 Å². The molecule has 92 valence electrons. The molecule has 2 nitrogen and oxygen atoms in total. The number of hydrogen-bond acceptors (Lipinski definition) is 2. The van der Waals surface area contributed by atoms with E-state index in [0.29, 0.717) is 0 Å². The van der Waals surface area contributed by atoms with Gasteiger partial charge >= 0.3 is 0 Å². The Morgan fingerprint density at radius 1 is 1.11 bits per heavy atom. The van der Waals surface area contributed by atoms with Gasteiger partial charge in [-0.05, 0) is 47.4 Å². The first-order valence-electron chi connectivity index (χ1n) is 6.37. The van der Waals surface area contributed by atoms with E-state index in [-0.39, 0.29) is 0 Å². The zero-order valence-electron chi connectivity index (χ0n) is 10.6. The minimum Gasteiger partial charge on any atom is -0.456 e. The molecule has 0 bridgehead atoms. The van der Waals surface area contributed by atoms with E-state index in [1.165, 1.54) is 11.1 Å². The molecule has 1 aliphatic carbocycles. The Morgan fingerprint density at radius 2 is 1.95 bits per heavy atom. The van der Waals surface area contributed by atoms with Crippen molar-refractivity contribution in [3.63, 3.8) is 0 Å². The fourth-order valence-electron chi connectivity index (χ4n) is 2.95. The van der Waals surface area contributed by atoms with Crippen LogP contribution in [-0.4, -0.2) is 6.29 Å². The molecule has 1 heterocycles. The molecule has 0 spiro atoms. The molecule has 0 saturated heterocycles. The Bertz CT molecular complexity index is 865. The van der Waals surface area contributed by atoms with Crippen LogP contribution in [0.15, 0.2) is 46.4 Å². The van der Waals surface area contributed by atoms with Crippen molar-refractivity contribution in [2.75, 3.05) is 0 Å². The van der Waals surface area contributed by atoms with Crippen molar-refractivity contribution in [2.45, 2.75) is 13.3 Å². The van der Waals surface area contributed by atoms with Crippen LogP contribution >= 0.6 is 0 Å². The van der Waals surface area contributed by atoms with Crippen molar-refractivity contribution in [2.24, 2.45) is 0 Å². The topological polar surface area (TPSA) is 30.2 Å². The lowest BCUT2D eigenvalue weighted by molar-refractivity contribution is -0.104. The molecule has 2 aromatic carbocycles. The number of allylic oxidation sites excluding steroid dienone is 2. The molecule has 0 radical (unpaired) electrons. The maximum absolute atomic E-state index is 11.0. The molecule has 0 N–H and O–H groups in total. The molecule has 3 aromatic rings. The van der Waals surface area contributed by atoms with Crippen LogP contribution in [0.1, 0.15) is 18.1 Å². The molecule has 2 heteroatoms. The summed E-state index contributed by atoms with van der Waals surface area (Å²) in [5.74, 6) is 0. The predicted molar refractivity (Wildman–Crippen MR) is 76.1 cm³/mol. The number of para-hydroxylation sites is 1. The van der Waals surface area contributed by atoms with E-state index >= 15 is 0 Å². The van der Waals surface area contributed by atoms with Crippen LogP contribution in [0.4, 0.5) is 0 Å². The first kappa shape index (κ1) is 10.6. The fraction of sp³-hybridized carbons (Fsp3) is 0.118. The summed E-state index contributed by atoms with van der Waals surface area (Å²) in [6.07, 6.45) is 1.69. The van der Waals surface area contributed by atoms with Gasteiger partial charge in [0.1, 0.15) is 17.5 Å². The van der Waals surface area contributed by atoms with Gasteiger partial charge in [-0.15, -0.1) is 0 Å². The molecule has 0 aliphatic heterocycles. The molecule has 19 heavy (non-hydrogen) atoms. The van der Waals surface area contributed by atoms with Crippen LogP contribution < -0.4 is 0 Å². The van der Waals surface area contributed by atoms with Gasteiger partial charge in [-0.3, -0.25) is 4.79 Å². The first-order chi connectivity index (χ1) is 9.28. The lowest BCUT2D eigenvalue weighted by Crippen LogP contribution is -1.84. The van der Waals surface area contributed by atoms with E-state index in [2.05, 4.69) is 18.2 Å². The van der Waals surface area contributed by atoms with Crippen molar-refractivity contribution in [1.82, 2.24) is 0 Å². The zero-order chi connectivity index (χ0) is 13.0. The van der Waals surface area contributed by atoms with Gasteiger partial charge in [0.05, 0.1) is 0 Å². The summed E-state index contributed by atoms with van der Waals surface area (Å²) >= 11 is 0. The minimum absolute atomic E-state index is 0.720. The number of aldehydes is 1. The van der Waals surface area contributed by atoms with Crippen LogP contribution in [0, 0.1) is 0 Å². The van der Waals surface area contributed by atoms with E-state index < -0.39 is 0 Å². The van der Waals surface area contributed by atoms with Crippen LogP contribution in [0.3, 0.4) is 0 Å². The highest BCUT2D eigenvalue weighted by Gasteiger charge is 2.20. The highest BCUT2D eigenvalue weighted by molar-refractivity contribution is 6.07. The Balaban J connectivity index is 2.10. The zero-order valence-corrected chi connectivity index (χ0v) is 10.6. The number of carbonyl (C=O) groups is 1. The van der Waals surface area contributed by atoms with E-state index in [4.69, 9.17) is 4.42 Å². The second kappa shape index (κ2) is 3.58. The largest absolute Gasteiger partial charge is 0.456 e. The Morgan fingerprint density at radius 3 is 2.79 bits per heavy atom. The Kier molecular flexibility index (Phi) is 1.99. The second-order valence-corrected chi connectivity index (χ2v) is 5.05. The van der Waals surface area contributed by atoms with Crippen molar-refractivity contribution < 1.29 is 9.21 Å². The summed E-state index contributed by atoms with van der Waals surface area (Å²) in [4.78, 5) is 11.0. The van der Waals surface area contributed by atoms with Crippen LogP contribution in [0.5, 0.6) is 0 Å². The molecule has 1 aliphatic rings. The summed E-state index contributed by atoms with van der Waals surface area (Å²) in [5, 5.41) is 2.26. The van der Waals surface area contributed by atoms with Crippen LogP contribution in [-0.2, 0) is 11.2 Å². The average Bonchev–Trinajstić information content (AvgIpc) is 2.94. The molecule has 4 rings (SSSR count). The number of benzene rings is 2. The van der Waals surface area contributed by atoms with Gasteiger partial charge in [-0.1, -0.05) is 18.2 Å². The number of rotatable bonds is 1. The van der Waals surface area contributed by atoms with Crippen LogP contribution in [0.25, 0.3) is 27.5 Å². The van der Waals surface area contributed by atoms with Gasteiger partial charge in [0.25, 0.3) is 0 Å². The lowest BCUT2D eigenvalue weighted by atomic mass is 10.0.